The summed E-state index contributed by atoms with van der Waals surface area (Å²) in [6.45, 7) is 7.65. The van der Waals surface area contributed by atoms with Gasteiger partial charge in [0.25, 0.3) is 5.69 Å². The second kappa shape index (κ2) is 12.4. The van der Waals surface area contributed by atoms with Crippen molar-refractivity contribution >= 4 is 32.8 Å². The van der Waals surface area contributed by atoms with Gasteiger partial charge in [-0.15, -0.1) is 0 Å². The molecule has 1 amide bonds. The number of rotatable bonds is 10. The van der Waals surface area contributed by atoms with Crippen LogP contribution in [0.2, 0.25) is 0 Å². The van der Waals surface area contributed by atoms with Crippen molar-refractivity contribution in [1.29, 1.82) is 0 Å². The first kappa shape index (κ1) is 32.0. The van der Waals surface area contributed by atoms with E-state index in [9.17, 15) is 23.3 Å². The van der Waals surface area contributed by atoms with E-state index in [1.54, 1.807) is 6.07 Å². The number of hydrogen-bond acceptors (Lipinski definition) is 7. The fraction of sp³-hybridized carbons (Fsp3) is 0.472. The van der Waals surface area contributed by atoms with Gasteiger partial charge in [0.05, 0.1) is 14.7 Å². The van der Waals surface area contributed by atoms with Gasteiger partial charge in [-0.2, -0.15) is 0 Å². The molecule has 4 N–H and O–H groups in total. The molecule has 2 bridgehead atoms. The molecule has 4 aliphatic carbocycles. The number of amides is 1. The van der Waals surface area contributed by atoms with Crippen molar-refractivity contribution in [3.8, 4) is 11.1 Å². The molecule has 0 spiro atoms. The monoisotopic (exact) mass is 644 g/mol. The quantitative estimate of drug-likeness (QED) is 0.152. The Hall–Kier alpha value is -3.92. The van der Waals surface area contributed by atoms with E-state index in [0.717, 1.165) is 43.9 Å². The maximum atomic E-state index is 14.2. The van der Waals surface area contributed by atoms with Gasteiger partial charge in [-0.3, -0.25) is 14.9 Å². The van der Waals surface area contributed by atoms with Gasteiger partial charge in [-0.25, -0.2) is 8.42 Å². The lowest BCUT2D eigenvalue weighted by molar-refractivity contribution is -0.384. The third kappa shape index (κ3) is 5.99. The number of fused-ring (bicyclic) bond motifs is 2. The molecule has 244 valence electrons. The zero-order valence-corrected chi connectivity index (χ0v) is 27.6. The molecule has 0 aliphatic heterocycles. The maximum absolute atomic E-state index is 14.2. The zero-order valence-electron chi connectivity index (χ0n) is 26.8. The number of carbonyl (C=O) groups excluding carboxylic acids is 1. The minimum Gasteiger partial charge on any atom is -0.382 e. The molecule has 10 heteroatoms. The number of nitro benzene ring substituents is 1. The minimum absolute atomic E-state index is 0.0368. The van der Waals surface area contributed by atoms with Crippen molar-refractivity contribution in [2.24, 2.45) is 34.8 Å². The van der Waals surface area contributed by atoms with Gasteiger partial charge in [0.2, 0.25) is 15.7 Å². The molecule has 4 aliphatic rings. The highest BCUT2D eigenvalue weighted by Crippen LogP contribution is 2.61. The Morgan fingerprint density at radius 1 is 1.02 bits per heavy atom. The van der Waals surface area contributed by atoms with Crippen molar-refractivity contribution in [1.82, 2.24) is 0 Å². The summed E-state index contributed by atoms with van der Waals surface area (Å²) in [6, 6.07) is 16.3. The highest BCUT2D eigenvalue weighted by molar-refractivity contribution is 7.91. The lowest BCUT2D eigenvalue weighted by Crippen LogP contribution is -2.58. The lowest BCUT2D eigenvalue weighted by Gasteiger charge is -2.62. The van der Waals surface area contributed by atoms with Crippen LogP contribution in [-0.2, 0) is 9.84 Å². The molecule has 0 aromatic heterocycles. The first-order valence-electron chi connectivity index (χ1n) is 16.4. The van der Waals surface area contributed by atoms with Crippen molar-refractivity contribution in [2.45, 2.75) is 81.5 Å². The normalized spacial score (nSPS) is 24.1. The van der Waals surface area contributed by atoms with Crippen LogP contribution < -0.4 is 16.4 Å². The van der Waals surface area contributed by atoms with E-state index in [-0.39, 0.29) is 26.7 Å². The first-order chi connectivity index (χ1) is 21.9. The summed E-state index contributed by atoms with van der Waals surface area (Å²) < 4.78 is 28.5. The first-order valence-corrected chi connectivity index (χ1v) is 17.9. The summed E-state index contributed by atoms with van der Waals surface area (Å²) in [7, 11) is -4.31. The number of hydrogen-bond donors (Lipinski definition) is 3. The molecule has 3 aromatic carbocycles. The summed E-state index contributed by atoms with van der Waals surface area (Å²) in [4.78, 5) is 23.3. The molecule has 46 heavy (non-hydrogen) atoms. The molecule has 7 rings (SSSR count). The molecule has 4 atom stereocenters. The Bertz CT molecular complexity index is 1770. The molecule has 0 saturated heterocycles. The topological polar surface area (TPSA) is 144 Å². The van der Waals surface area contributed by atoms with E-state index in [0.29, 0.717) is 52.8 Å². The average Bonchev–Trinajstić information content (AvgIpc) is 3.04. The Labute approximate surface area is 271 Å². The molecular weight excluding hydrogens is 600 g/mol. The zero-order chi connectivity index (χ0) is 32.8. The fourth-order valence-electron chi connectivity index (χ4n) is 8.22. The Kier molecular flexibility index (Phi) is 8.61. The minimum atomic E-state index is -4.31. The third-order valence-electron chi connectivity index (χ3n) is 11.2. The molecular formula is C36H44N4O5S. The summed E-state index contributed by atoms with van der Waals surface area (Å²) in [5.41, 5.74) is 7.87. The molecule has 0 unspecified atom stereocenters. The molecule has 4 saturated carbocycles. The van der Waals surface area contributed by atoms with E-state index in [1.165, 1.54) is 37.1 Å². The second-order valence-corrected chi connectivity index (χ2v) is 16.1. The molecule has 4 fully saturated rings. The van der Waals surface area contributed by atoms with Crippen LogP contribution in [0.15, 0.2) is 70.5 Å². The number of nitrogens with two attached hydrogens (primary N) is 1. The number of benzene rings is 3. The number of nitrogens with zero attached hydrogens (tertiary/aromatic N) is 1. The van der Waals surface area contributed by atoms with Crippen LogP contribution in [0, 0.1) is 39.2 Å². The van der Waals surface area contributed by atoms with Crippen molar-refractivity contribution in [3.63, 3.8) is 0 Å². The van der Waals surface area contributed by atoms with Gasteiger partial charge >= 0.3 is 0 Å². The average molecular weight is 645 g/mol. The van der Waals surface area contributed by atoms with Gasteiger partial charge in [0, 0.05) is 35.5 Å². The SMILES string of the molecule is C[C@@H]1[C@@H](Nc2cccc(-c3ccc(C(N)=O)cc3S(=O)(=O)c3ccc(NCC4CCCCC4)c([N+](=O)[O-])c3)c2)C[C@H]2C[C@@H]1C2(C)C. The lowest BCUT2D eigenvalue weighted by atomic mass is 9.45. The van der Waals surface area contributed by atoms with E-state index >= 15 is 0 Å². The summed E-state index contributed by atoms with van der Waals surface area (Å²) >= 11 is 0. The number of nitro groups is 1. The van der Waals surface area contributed by atoms with Crippen molar-refractivity contribution in [3.05, 3.63) is 76.3 Å². The van der Waals surface area contributed by atoms with Gasteiger partial charge in [0.1, 0.15) is 5.69 Å². The summed E-state index contributed by atoms with van der Waals surface area (Å²) in [6.07, 6.45) is 8.01. The molecule has 0 radical (unpaired) electrons. The highest BCUT2D eigenvalue weighted by atomic mass is 32.2. The number of anilines is 2. The second-order valence-electron chi connectivity index (χ2n) is 14.2. The third-order valence-corrected chi connectivity index (χ3v) is 13.0. The van der Waals surface area contributed by atoms with Gasteiger partial charge in [-0.1, -0.05) is 58.2 Å². The summed E-state index contributed by atoms with van der Waals surface area (Å²) in [5, 5.41) is 19.0. The predicted octanol–water partition coefficient (Wildman–Crippen LogP) is 7.67. The van der Waals surface area contributed by atoms with E-state index < -0.39 is 20.7 Å². The van der Waals surface area contributed by atoms with Crippen LogP contribution in [0.5, 0.6) is 0 Å². The number of sulfone groups is 1. The van der Waals surface area contributed by atoms with Crippen LogP contribution in [0.4, 0.5) is 17.1 Å². The van der Waals surface area contributed by atoms with Crippen LogP contribution >= 0.6 is 0 Å². The summed E-state index contributed by atoms with van der Waals surface area (Å²) in [5.74, 6) is 1.53. The maximum Gasteiger partial charge on any atom is 0.293 e. The Morgan fingerprint density at radius 3 is 2.46 bits per heavy atom. The molecule has 3 aromatic rings. The molecule has 0 heterocycles. The van der Waals surface area contributed by atoms with Gasteiger partial charge in [-0.05, 0) is 96.7 Å². The van der Waals surface area contributed by atoms with Crippen LogP contribution in [0.1, 0.15) is 76.1 Å². The van der Waals surface area contributed by atoms with Crippen molar-refractivity contribution < 1.29 is 18.1 Å². The molecule has 9 nitrogen and oxygen atoms in total. The Morgan fingerprint density at radius 2 is 1.78 bits per heavy atom. The number of primary amides is 1. The fourth-order valence-corrected chi connectivity index (χ4v) is 9.74. The van der Waals surface area contributed by atoms with Crippen LogP contribution in [-0.4, -0.2) is 31.8 Å². The smallest absolute Gasteiger partial charge is 0.293 e. The van der Waals surface area contributed by atoms with E-state index in [1.807, 2.05) is 24.3 Å². The predicted molar refractivity (Wildman–Crippen MR) is 181 cm³/mol. The highest BCUT2D eigenvalue weighted by Gasteiger charge is 2.56. The Balaban J connectivity index is 1.32. The standard InChI is InChI=1S/C36H44N4O5S/c1-22-30-18-26(36(30,2)3)19-32(22)39-27-11-7-10-24(16-27)29-14-12-25(35(37)41)17-34(29)46(44,45)28-13-15-31(33(20-28)40(42)43)38-21-23-8-5-4-6-9-23/h7,10-17,20,22-23,26,30,32,38-39H,4-6,8-9,18-19,21H2,1-3H3,(H2,37,41)/t22-,26+,30-,32-/m0/s1. The van der Waals surface area contributed by atoms with E-state index in [2.05, 4.69) is 31.4 Å². The van der Waals surface area contributed by atoms with Crippen LogP contribution in [0.25, 0.3) is 11.1 Å². The number of carbonyl (C=O) groups is 1. The van der Waals surface area contributed by atoms with E-state index in [4.69, 9.17) is 5.73 Å². The number of nitrogens with one attached hydrogen (secondary N) is 2. The van der Waals surface area contributed by atoms with Gasteiger partial charge in [0.15, 0.2) is 0 Å². The van der Waals surface area contributed by atoms with Crippen molar-refractivity contribution in [2.75, 3.05) is 17.2 Å². The van der Waals surface area contributed by atoms with Crippen LogP contribution in [0.3, 0.4) is 0 Å². The van der Waals surface area contributed by atoms with Gasteiger partial charge < -0.3 is 16.4 Å². The largest absolute Gasteiger partial charge is 0.382 e.